The zero-order chi connectivity index (χ0) is 27.5. The van der Waals surface area contributed by atoms with Crippen LogP contribution in [0.5, 0.6) is 0 Å². The first kappa shape index (κ1) is 28.5. The molecule has 4 rings (SSSR count). The summed E-state index contributed by atoms with van der Waals surface area (Å²) in [5, 5.41) is 18.5. The van der Waals surface area contributed by atoms with Crippen molar-refractivity contribution in [1.29, 1.82) is 0 Å². The lowest BCUT2D eigenvalue weighted by molar-refractivity contribution is -0.137. The van der Waals surface area contributed by atoms with Crippen molar-refractivity contribution in [2.24, 2.45) is 5.92 Å². The zero-order valence-electron chi connectivity index (χ0n) is 19.3. The molecule has 2 heterocycles. The van der Waals surface area contributed by atoms with Crippen LogP contribution in [0.3, 0.4) is 0 Å². The van der Waals surface area contributed by atoms with Gasteiger partial charge in [0, 0.05) is 29.1 Å². The van der Waals surface area contributed by atoms with Crippen LogP contribution in [0.15, 0.2) is 36.5 Å². The maximum absolute atomic E-state index is 13.0. The van der Waals surface area contributed by atoms with Gasteiger partial charge < -0.3 is 15.7 Å². The van der Waals surface area contributed by atoms with Crippen LogP contribution >= 0.6 is 23.2 Å². The minimum Gasteiger partial charge on any atom is -0.376 e. The standard InChI is InChI=1S/C18H15Cl2F3N6O2.C4H6F2/c1-9(26-16(31)10-4-11(18(21,22)23)6-13(20)5-10)15-27-17(25-8-30)28-29(15)14-3-2-12(19)7-24-14;1-3-2-4(3,5)6/h2-7,9,30H,8H2,1H3,(H,25,28)(H,26,31);3H,2H2,1H3. The summed E-state index contributed by atoms with van der Waals surface area (Å²) in [4.78, 5) is 20.9. The molecule has 2 unspecified atom stereocenters. The minimum absolute atomic E-state index is 0.0532. The summed E-state index contributed by atoms with van der Waals surface area (Å²) in [7, 11) is 0. The molecular weight excluding hydrogens is 546 g/mol. The van der Waals surface area contributed by atoms with E-state index in [4.69, 9.17) is 28.3 Å². The zero-order valence-corrected chi connectivity index (χ0v) is 20.8. The van der Waals surface area contributed by atoms with Gasteiger partial charge in [-0.25, -0.2) is 13.8 Å². The van der Waals surface area contributed by atoms with Crippen LogP contribution in [-0.4, -0.2) is 43.4 Å². The van der Waals surface area contributed by atoms with E-state index in [-0.39, 0.29) is 34.7 Å². The van der Waals surface area contributed by atoms with Crippen molar-refractivity contribution in [2.75, 3.05) is 12.0 Å². The van der Waals surface area contributed by atoms with Crippen molar-refractivity contribution in [3.8, 4) is 5.82 Å². The number of aliphatic hydroxyl groups excluding tert-OH is 1. The van der Waals surface area contributed by atoms with Gasteiger partial charge >= 0.3 is 6.18 Å². The Hall–Kier alpha value is -3.03. The maximum atomic E-state index is 13.0. The monoisotopic (exact) mass is 566 g/mol. The molecule has 0 radical (unpaired) electrons. The van der Waals surface area contributed by atoms with Gasteiger partial charge in [-0.2, -0.15) is 22.8 Å². The first-order valence-electron chi connectivity index (χ1n) is 10.7. The van der Waals surface area contributed by atoms with Crippen molar-refractivity contribution >= 4 is 35.1 Å². The summed E-state index contributed by atoms with van der Waals surface area (Å²) in [5.74, 6) is -2.84. The van der Waals surface area contributed by atoms with Crippen molar-refractivity contribution in [2.45, 2.75) is 38.4 Å². The van der Waals surface area contributed by atoms with Crippen LogP contribution in [0.25, 0.3) is 5.82 Å². The summed E-state index contributed by atoms with van der Waals surface area (Å²) < 4.78 is 63.4. The predicted octanol–water partition coefficient (Wildman–Crippen LogP) is 5.50. The third-order valence-electron chi connectivity index (χ3n) is 5.16. The molecule has 0 bridgehead atoms. The summed E-state index contributed by atoms with van der Waals surface area (Å²) in [6.07, 6.45) is -3.17. The summed E-state index contributed by atoms with van der Waals surface area (Å²) in [6, 6.07) is 4.89. The van der Waals surface area contributed by atoms with Crippen LogP contribution in [-0.2, 0) is 6.18 Å². The number of alkyl halides is 5. The molecule has 0 spiro atoms. The van der Waals surface area contributed by atoms with Crippen molar-refractivity contribution < 1.29 is 31.9 Å². The number of benzene rings is 1. The second kappa shape index (κ2) is 11.2. The van der Waals surface area contributed by atoms with Gasteiger partial charge in [-0.05, 0) is 37.3 Å². The first-order chi connectivity index (χ1) is 17.2. The third kappa shape index (κ3) is 7.49. The Morgan fingerprint density at radius 2 is 1.89 bits per heavy atom. The molecule has 1 aliphatic rings. The molecular formula is C22H21Cl2F5N6O2. The molecule has 1 saturated carbocycles. The highest BCUT2D eigenvalue weighted by atomic mass is 35.5. The van der Waals surface area contributed by atoms with Gasteiger partial charge in [-0.3, -0.25) is 4.79 Å². The molecule has 3 N–H and O–H groups in total. The lowest BCUT2D eigenvalue weighted by atomic mass is 10.1. The molecule has 0 aliphatic heterocycles. The minimum atomic E-state index is -4.66. The number of carbonyl (C=O) groups is 1. The van der Waals surface area contributed by atoms with Gasteiger partial charge in [0.1, 0.15) is 6.73 Å². The fraction of sp³-hybridized carbons (Fsp3) is 0.364. The first-order valence-corrected chi connectivity index (χ1v) is 11.5. The van der Waals surface area contributed by atoms with Crippen LogP contribution in [0.1, 0.15) is 48.1 Å². The lowest BCUT2D eigenvalue weighted by Crippen LogP contribution is -2.29. The Balaban J connectivity index is 0.000000555. The molecule has 1 aromatic carbocycles. The van der Waals surface area contributed by atoms with E-state index in [1.165, 1.54) is 10.9 Å². The second-order valence-corrected chi connectivity index (χ2v) is 9.04. The number of nitrogens with zero attached hydrogens (tertiary/aromatic N) is 4. The summed E-state index contributed by atoms with van der Waals surface area (Å²) >= 11 is 11.6. The van der Waals surface area contributed by atoms with E-state index >= 15 is 0 Å². The Morgan fingerprint density at radius 3 is 2.41 bits per heavy atom. The maximum Gasteiger partial charge on any atom is 0.416 e. The number of amides is 1. The van der Waals surface area contributed by atoms with Crippen molar-refractivity contribution in [3.63, 3.8) is 0 Å². The molecule has 1 amide bonds. The number of halogens is 7. The average Bonchev–Trinajstić information content (AvgIpc) is 3.16. The van der Waals surface area contributed by atoms with Gasteiger partial charge in [0.05, 0.1) is 16.6 Å². The van der Waals surface area contributed by atoms with E-state index in [9.17, 15) is 26.7 Å². The highest BCUT2D eigenvalue weighted by molar-refractivity contribution is 6.31. The fourth-order valence-corrected chi connectivity index (χ4v) is 3.34. The molecule has 2 aromatic heterocycles. The highest BCUT2D eigenvalue weighted by Crippen LogP contribution is 2.47. The molecule has 37 heavy (non-hydrogen) atoms. The number of aliphatic hydroxyl groups is 1. The van der Waals surface area contributed by atoms with E-state index in [0.717, 1.165) is 12.1 Å². The average molecular weight is 567 g/mol. The largest absolute Gasteiger partial charge is 0.416 e. The number of anilines is 1. The Kier molecular flexibility index (Phi) is 8.60. The number of carbonyl (C=O) groups excluding carboxylic acids is 1. The molecule has 1 fully saturated rings. The number of aromatic nitrogens is 4. The molecule has 0 saturated heterocycles. The SMILES string of the molecule is CC(NC(=O)c1cc(Cl)cc(C(F)(F)F)c1)c1nc(NCO)nn1-c1ccc(Cl)cn1.CC1CC1(F)F. The molecule has 15 heteroatoms. The number of rotatable bonds is 6. The quantitative estimate of drug-likeness (QED) is 0.269. The molecule has 1 aliphatic carbocycles. The second-order valence-electron chi connectivity index (χ2n) is 8.16. The van der Waals surface area contributed by atoms with E-state index in [0.29, 0.717) is 16.9 Å². The van der Waals surface area contributed by atoms with Crippen LogP contribution in [0.4, 0.5) is 27.9 Å². The number of nitrogens with one attached hydrogen (secondary N) is 2. The van der Waals surface area contributed by atoms with Crippen LogP contribution in [0, 0.1) is 5.92 Å². The smallest absolute Gasteiger partial charge is 0.376 e. The highest BCUT2D eigenvalue weighted by Gasteiger charge is 2.53. The van der Waals surface area contributed by atoms with Gasteiger partial charge in [0.25, 0.3) is 11.8 Å². The predicted molar refractivity (Wildman–Crippen MR) is 126 cm³/mol. The van der Waals surface area contributed by atoms with E-state index in [1.54, 1.807) is 26.0 Å². The van der Waals surface area contributed by atoms with Gasteiger partial charge in [-0.15, -0.1) is 5.10 Å². The number of pyridine rings is 1. The van der Waals surface area contributed by atoms with E-state index in [2.05, 4.69) is 25.7 Å². The topological polar surface area (TPSA) is 105 Å². The molecule has 200 valence electrons. The normalized spacial score (nSPS) is 16.9. The fourth-order valence-electron chi connectivity index (χ4n) is 2.99. The number of hydrogen-bond donors (Lipinski definition) is 3. The van der Waals surface area contributed by atoms with Gasteiger partial charge in [0.2, 0.25) is 5.95 Å². The Bertz CT molecular complexity index is 1250. The van der Waals surface area contributed by atoms with Crippen molar-refractivity contribution in [3.05, 3.63) is 63.5 Å². The van der Waals surface area contributed by atoms with E-state index in [1.807, 2.05) is 0 Å². The summed E-state index contributed by atoms with van der Waals surface area (Å²) in [6.45, 7) is 2.67. The van der Waals surface area contributed by atoms with Gasteiger partial charge in [0.15, 0.2) is 11.6 Å². The van der Waals surface area contributed by atoms with Gasteiger partial charge in [-0.1, -0.05) is 30.1 Å². The van der Waals surface area contributed by atoms with Crippen LogP contribution in [0.2, 0.25) is 10.0 Å². The Labute approximate surface area is 217 Å². The molecule has 3 aromatic rings. The third-order valence-corrected chi connectivity index (χ3v) is 5.60. The molecule has 8 nitrogen and oxygen atoms in total. The van der Waals surface area contributed by atoms with E-state index < -0.39 is 36.3 Å². The molecule has 2 atom stereocenters. The summed E-state index contributed by atoms with van der Waals surface area (Å²) in [5.41, 5.74) is -1.31. The lowest BCUT2D eigenvalue weighted by Gasteiger charge is -2.15. The van der Waals surface area contributed by atoms with Crippen LogP contribution < -0.4 is 10.6 Å². The Morgan fingerprint density at radius 1 is 1.24 bits per heavy atom. The number of hydrogen-bond acceptors (Lipinski definition) is 6. The van der Waals surface area contributed by atoms with Crippen molar-refractivity contribution in [1.82, 2.24) is 25.1 Å².